The van der Waals surface area contributed by atoms with Crippen LogP contribution in [0.4, 0.5) is 0 Å². The molecule has 0 fully saturated rings. The van der Waals surface area contributed by atoms with Crippen molar-refractivity contribution in [2.45, 2.75) is 232 Å². The lowest BCUT2D eigenvalue weighted by Gasteiger charge is -2.18. The minimum absolute atomic E-state index is 0.00884. The van der Waals surface area contributed by atoms with Crippen LogP contribution in [0.2, 0.25) is 0 Å². The van der Waals surface area contributed by atoms with Crippen LogP contribution in [0.15, 0.2) is 36.5 Å². The third-order valence-corrected chi connectivity index (χ3v) is 9.33. The van der Waals surface area contributed by atoms with Gasteiger partial charge in [-0.3, -0.25) is 9.59 Å². The summed E-state index contributed by atoms with van der Waals surface area (Å²) in [5, 5.41) is 8.81. The summed E-state index contributed by atoms with van der Waals surface area (Å²) in [6, 6.07) is 0. The number of hydrogen-bond donors (Lipinski definition) is 1. The summed E-state index contributed by atoms with van der Waals surface area (Å²) in [4.78, 5) is 23.4. The van der Waals surface area contributed by atoms with Crippen LogP contribution in [-0.2, 0) is 14.3 Å². The van der Waals surface area contributed by atoms with Gasteiger partial charge in [0.25, 0.3) is 0 Å². The van der Waals surface area contributed by atoms with Crippen LogP contribution in [0.5, 0.6) is 0 Å². The number of rotatable bonds is 38. The van der Waals surface area contributed by atoms with Gasteiger partial charge in [0.05, 0.1) is 0 Å². The van der Waals surface area contributed by atoms with Crippen molar-refractivity contribution in [3.63, 3.8) is 0 Å². The number of aliphatic carboxylic acids is 1. The molecule has 4 heteroatoms. The van der Waals surface area contributed by atoms with E-state index in [1.54, 1.807) is 0 Å². The smallest absolute Gasteiger partial charge is 0.306 e. The maximum atomic E-state index is 12.7. The van der Waals surface area contributed by atoms with E-state index in [4.69, 9.17) is 9.84 Å². The maximum Gasteiger partial charge on any atom is 0.306 e. The van der Waals surface area contributed by atoms with Gasteiger partial charge in [0.15, 0.2) is 0 Å². The van der Waals surface area contributed by atoms with Crippen LogP contribution in [0.1, 0.15) is 226 Å². The Morgan fingerprint density at radius 2 is 0.812 bits per heavy atom. The van der Waals surface area contributed by atoms with Crippen LogP contribution < -0.4 is 0 Å². The fraction of sp³-hybridized carbons (Fsp3) is 0.818. The van der Waals surface area contributed by atoms with Gasteiger partial charge < -0.3 is 9.84 Å². The molecule has 4 nitrogen and oxygen atoms in total. The largest absolute Gasteiger partial charge is 0.481 e. The second kappa shape index (κ2) is 39.6. The van der Waals surface area contributed by atoms with Crippen molar-refractivity contribution < 1.29 is 19.4 Å². The van der Waals surface area contributed by atoms with Crippen LogP contribution in [-0.4, -0.2) is 23.1 Å². The third-order valence-electron chi connectivity index (χ3n) is 9.33. The van der Waals surface area contributed by atoms with Gasteiger partial charge in [-0.25, -0.2) is 0 Å². The van der Waals surface area contributed by atoms with Crippen LogP contribution in [0.3, 0.4) is 0 Å². The van der Waals surface area contributed by atoms with Crippen LogP contribution in [0, 0.1) is 0 Å². The number of carbonyl (C=O) groups excluding carboxylic acids is 1. The quantitative estimate of drug-likeness (QED) is 0.0403. The molecule has 0 spiro atoms. The Labute approximate surface area is 299 Å². The summed E-state index contributed by atoms with van der Waals surface area (Å²) < 4.78 is 5.99. The van der Waals surface area contributed by atoms with E-state index in [1.165, 1.54) is 128 Å². The molecule has 0 aromatic heterocycles. The molecule has 0 aliphatic rings. The van der Waals surface area contributed by atoms with Gasteiger partial charge >= 0.3 is 11.9 Å². The van der Waals surface area contributed by atoms with Crippen molar-refractivity contribution in [3.05, 3.63) is 36.5 Å². The molecule has 0 aromatic carbocycles. The van der Waals surface area contributed by atoms with E-state index in [0.29, 0.717) is 6.42 Å². The van der Waals surface area contributed by atoms with Crippen molar-refractivity contribution >= 4 is 11.9 Å². The van der Waals surface area contributed by atoms with Gasteiger partial charge in [0.1, 0.15) is 6.10 Å². The summed E-state index contributed by atoms with van der Waals surface area (Å²) in [5.41, 5.74) is 0. The summed E-state index contributed by atoms with van der Waals surface area (Å²) in [7, 11) is 0. The van der Waals surface area contributed by atoms with E-state index < -0.39 is 5.97 Å². The second-order valence-electron chi connectivity index (χ2n) is 14.2. The molecule has 1 unspecified atom stereocenters. The average molecular weight is 673 g/mol. The van der Waals surface area contributed by atoms with Gasteiger partial charge in [0.2, 0.25) is 0 Å². The van der Waals surface area contributed by atoms with Gasteiger partial charge in [-0.05, 0) is 96.3 Å². The minimum Gasteiger partial charge on any atom is -0.481 e. The number of carbonyl (C=O) groups is 2. The molecule has 0 amide bonds. The van der Waals surface area contributed by atoms with Crippen molar-refractivity contribution in [2.24, 2.45) is 0 Å². The molecule has 0 saturated carbocycles. The minimum atomic E-state index is -0.701. The normalized spacial score (nSPS) is 12.5. The molecule has 0 rings (SSSR count). The van der Waals surface area contributed by atoms with Crippen molar-refractivity contribution in [1.29, 1.82) is 0 Å². The van der Waals surface area contributed by atoms with Gasteiger partial charge in [-0.15, -0.1) is 0 Å². The number of carboxylic acid groups (broad SMARTS) is 1. The summed E-state index contributed by atoms with van der Waals surface area (Å²) in [5.74, 6) is -0.710. The molecule has 0 radical (unpaired) electrons. The Morgan fingerprint density at radius 1 is 0.458 bits per heavy atom. The molecule has 1 atom stereocenters. The SMILES string of the molecule is CCCCC/C=C\C/C=C\CCCC/C=C\CCCCCCCC(=O)OC(CCCCCCCCCCC)CCCCCCCC(=O)O. The zero-order valence-electron chi connectivity index (χ0n) is 32.0. The number of hydrogen-bond acceptors (Lipinski definition) is 3. The third kappa shape index (κ3) is 38.6. The second-order valence-corrected chi connectivity index (χ2v) is 14.2. The Balaban J connectivity index is 3.93. The van der Waals surface area contributed by atoms with Crippen LogP contribution >= 0.6 is 0 Å². The molecular formula is C44H80O4. The molecule has 0 bridgehead atoms. The highest BCUT2D eigenvalue weighted by atomic mass is 16.5. The van der Waals surface area contributed by atoms with Crippen molar-refractivity contribution in [2.75, 3.05) is 0 Å². The lowest BCUT2D eigenvalue weighted by atomic mass is 10.0. The molecule has 280 valence electrons. The topological polar surface area (TPSA) is 63.6 Å². The fourth-order valence-corrected chi connectivity index (χ4v) is 6.21. The predicted octanol–water partition coefficient (Wildman–Crippen LogP) is 14.6. The first-order valence-electron chi connectivity index (χ1n) is 21.0. The summed E-state index contributed by atoms with van der Waals surface area (Å²) in [6.07, 6.45) is 51.7. The molecule has 0 aliphatic carbocycles. The molecular weight excluding hydrogens is 592 g/mol. The van der Waals surface area contributed by atoms with E-state index in [-0.39, 0.29) is 18.5 Å². The first kappa shape index (κ1) is 46.2. The van der Waals surface area contributed by atoms with Crippen molar-refractivity contribution in [1.82, 2.24) is 0 Å². The van der Waals surface area contributed by atoms with Crippen molar-refractivity contribution in [3.8, 4) is 0 Å². The molecule has 0 aromatic rings. The highest BCUT2D eigenvalue weighted by Gasteiger charge is 2.14. The molecule has 0 heterocycles. The highest BCUT2D eigenvalue weighted by molar-refractivity contribution is 5.69. The Morgan fingerprint density at radius 3 is 1.31 bits per heavy atom. The Bertz CT molecular complexity index is 768. The molecule has 0 saturated heterocycles. The standard InChI is InChI=1S/C44H80O4/c1-3-5-7-9-11-13-14-15-16-17-18-19-20-21-22-23-24-26-28-33-37-41-44(47)48-42(39-35-31-29-32-36-40-43(45)46)38-34-30-27-25-12-10-8-6-4-2/h11,13,15-16,21-22,42H,3-10,12,14,17-20,23-41H2,1-2H3,(H,45,46)/b13-11-,16-15-,22-21-. The monoisotopic (exact) mass is 673 g/mol. The number of esters is 1. The number of allylic oxidation sites excluding steroid dienone is 6. The Kier molecular flexibility index (Phi) is 38.1. The highest BCUT2D eigenvalue weighted by Crippen LogP contribution is 2.19. The lowest BCUT2D eigenvalue weighted by Crippen LogP contribution is -2.18. The van der Waals surface area contributed by atoms with E-state index >= 15 is 0 Å². The van der Waals surface area contributed by atoms with Gasteiger partial charge in [0, 0.05) is 12.8 Å². The molecule has 48 heavy (non-hydrogen) atoms. The average Bonchev–Trinajstić information content (AvgIpc) is 3.07. The number of ether oxygens (including phenoxy) is 1. The molecule has 0 aliphatic heterocycles. The number of carboxylic acids is 1. The van der Waals surface area contributed by atoms with E-state index in [9.17, 15) is 9.59 Å². The zero-order valence-corrected chi connectivity index (χ0v) is 32.0. The molecule has 1 N–H and O–H groups in total. The fourth-order valence-electron chi connectivity index (χ4n) is 6.21. The zero-order chi connectivity index (χ0) is 35.0. The van der Waals surface area contributed by atoms with E-state index in [2.05, 4.69) is 50.3 Å². The lowest BCUT2D eigenvalue weighted by molar-refractivity contribution is -0.150. The maximum absolute atomic E-state index is 12.7. The predicted molar refractivity (Wildman–Crippen MR) is 209 cm³/mol. The first-order chi connectivity index (χ1) is 23.6. The van der Waals surface area contributed by atoms with Gasteiger partial charge in [-0.2, -0.15) is 0 Å². The van der Waals surface area contributed by atoms with Crippen LogP contribution in [0.25, 0.3) is 0 Å². The first-order valence-corrected chi connectivity index (χ1v) is 21.0. The van der Waals surface area contributed by atoms with E-state index in [0.717, 1.165) is 70.6 Å². The van der Waals surface area contributed by atoms with E-state index in [1.807, 2.05) is 0 Å². The number of unbranched alkanes of at least 4 members (excludes halogenated alkanes) is 23. The van der Waals surface area contributed by atoms with Gasteiger partial charge in [-0.1, -0.05) is 153 Å². The Hall–Kier alpha value is -1.84. The summed E-state index contributed by atoms with van der Waals surface area (Å²) in [6.45, 7) is 4.52. The summed E-state index contributed by atoms with van der Waals surface area (Å²) >= 11 is 0.